The summed E-state index contributed by atoms with van der Waals surface area (Å²) in [7, 11) is 3.10. The zero-order valence-corrected chi connectivity index (χ0v) is 25.6. The lowest BCUT2D eigenvalue weighted by Gasteiger charge is -2.34. The maximum atomic E-state index is 13.6. The number of likely N-dealkylation sites (tertiary alicyclic amines) is 1. The molecule has 11 heteroatoms. The van der Waals surface area contributed by atoms with E-state index in [9.17, 15) is 23.5 Å². The van der Waals surface area contributed by atoms with Gasteiger partial charge in [0.1, 0.15) is 12.3 Å². The number of β-amino-alcohol motifs (C(OH)–C–C–N with tert-alkyl or cyclic N) is 1. The average molecular weight is 612 g/mol. The number of nitrogens with one attached hydrogen (secondary N) is 2. The van der Waals surface area contributed by atoms with E-state index in [0.717, 1.165) is 37.2 Å². The largest absolute Gasteiger partial charge is 0.495 e. The standard InChI is InChI=1S/C33H40F3N5O3/c1-32(2,21-37)23-10-11-29(31(17-23)44-4)38-14-6-7-25-18-27-28(8-5-9-30(27)41(25)22-33(34,35)36)39-24-12-15-40(16-13-24)19-26(42)20-43-3/h5,8-11,17-18,24,26,38-39,42H,12-16,19-20,22H2,1-4H3. The first-order valence-electron chi connectivity index (χ1n) is 14.6. The highest BCUT2D eigenvalue weighted by Crippen LogP contribution is 2.33. The summed E-state index contributed by atoms with van der Waals surface area (Å²) in [4.78, 5) is 2.20. The molecule has 1 saturated heterocycles. The summed E-state index contributed by atoms with van der Waals surface area (Å²) < 4.78 is 52.7. The summed E-state index contributed by atoms with van der Waals surface area (Å²) in [6.07, 6.45) is -3.27. The van der Waals surface area contributed by atoms with Crippen LogP contribution in [0.3, 0.4) is 0 Å². The van der Waals surface area contributed by atoms with Crippen molar-refractivity contribution in [3.8, 4) is 23.7 Å². The summed E-state index contributed by atoms with van der Waals surface area (Å²) in [6, 6.07) is 14.9. The lowest BCUT2D eigenvalue weighted by molar-refractivity contribution is -0.140. The Kier molecular flexibility index (Phi) is 10.7. The maximum absolute atomic E-state index is 13.6. The van der Waals surface area contributed by atoms with Crippen molar-refractivity contribution >= 4 is 22.3 Å². The van der Waals surface area contributed by atoms with E-state index in [2.05, 4.69) is 33.4 Å². The van der Waals surface area contributed by atoms with Crippen LogP contribution in [-0.4, -0.2) is 79.9 Å². The van der Waals surface area contributed by atoms with Crippen LogP contribution < -0.4 is 15.4 Å². The van der Waals surface area contributed by atoms with E-state index in [1.54, 1.807) is 37.4 Å². The number of rotatable bonds is 11. The summed E-state index contributed by atoms with van der Waals surface area (Å²) in [5.74, 6) is 6.45. The fraction of sp³-hybridized carbons (Fsp3) is 0.485. The molecule has 0 radical (unpaired) electrons. The molecule has 1 fully saturated rings. The molecular weight excluding hydrogens is 571 g/mol. The Morgan fingerprint density at radius 2 is 1.84 bits per heavy atom. The van der Waals surface area contributed by atoms with Crippen LogP contribution in [0.1, 0.15) is 37.9 Å². The van der Waals surface area contributed by atoms with E-state index in [4.69, 9.17) is 9.47 Å². The molecule has 0 saturated carbocycles. The van der Waals surface area contributed by atoms with Crippen LogP contribution in [0.2, 0.25) is 0 Å². The Morgan fingerprint density at radius 1 is 1.09 bits per heavy atom. The number of fused-ring (bicyclic) bond motifs is 1. The fourth-order valence-corrected chi connectivity index (χ4v) is 5.45. The van der Waals surface area contributed by atoms with Gasteiger partial charge in [0.25, 0.3) is 0 Å². The van der Waals surface area contributed by atoms with Crippen LogP contribution in [0, 0.1) is 23.2 Å². The zero-order valence-electron chi connectivity index (χ0n) is 25.6. The van der Waals surface area contributed by atoms with Gasteiger partial charge in [0.2, 0.25) is 0 Å². The molecule has 0 amide bonds. The fourth-order valence-electron chi connectivity index (χ4n) is 5.45. The molecule has 1 aliphatic heterocycles. The third kappa shape index (κ3) is 8.38. The van der Waals surface area contributed by atoms with Crippen molar-refractivity contribution in [2.75, 3.05) is 57.6 Å². The summed E-state index contributed by atoms with van der Waals surface area (Å²) in [5.41, 5.74) is 2.29. The molecule has 1 unspecified atom stereocenters. The molecule has 4 rings (SSSR count). The molecule has 0 spiro atoms. The molecule has 0 aliphatic carbocycles. The Morgan fingerprint density at radius 3 is 2.50 bits per heavy atom. The minimum absolute atomic E-state index is 0.154. The molecule has 1 atom stereocenters. The first-order chi connectivity index (χ1) is 20.9. The molecule has 1 aromatic heterocycles. The second-order valence-corrected chi connectivity index (χ2v) is 11.6. The number of hydrogen-bond acceptors (Lipinski definition) is 7. The number of nitriles is 1. The lowest BCUT2D eigenvalue weighted by Crippen LogP contribution is -2.43. The number of aromatic nitrogens is 1. The van der Waals surface area contributed by atoms with E-state index in [0.29, 0.717) is 35.5 Å². The van der Waals surface area contributed by atoms with E-state index < -0.39 is 24.2 Å². The van der Waals surface area contributed by atoms with Gasteiger partial charge in [-0.15, -0.1) is 0 Å². The highest BCUT2D eigenvalue weighted by molar-refractivity contribution is 5.94. The second-order valence-electron chi connectivity index (χ2n) is 11.6. The van der Waals surface area contributed by atoms with Gasteiger partial charge in [0, 0.05) is 43.9 Å². The van der Waals surface area contributed by atoms with Gasteiger partial charge in [-0.3, -0.25) is 0 Å². The Bertz CT molecular complexity index is 1530. The van der Waals surface area contributed by atoms with Crippen molar-refractivity contribution in [1.29, 1.82) is 5.26 Å². The molecule has 3 aromatic rings. The van der Waals surface area contributed by atoms with Crippen LogP contribution in [0.5, 0.6) is 5.75 Å². The zero-order chi connectivity index (χ0) is 31.9. The number of piperidine rings is 1. The van der Waals surface area contributed by atoms with Crippen molar-refractivity contribution in [1.82, 2.24) is 9.47 Å². The van der Waals surface area contributed by atoms with Crippen LogP contribution in [0.4, 0.5) is 24.5 Å². The summed E-state index contributed by atoms with van der Waals surface area (Å²) in [5, 5.41) is 26.9. The minimum Gasteiger partial charge on any atom is -0.495 e. The first kappa shape index (κ1) is 33.0. The van der Waals surface area contributed by atoms with Gasteiger partial charge in [0.15, 0.2) is 0 Å². The normalized spacial score (nSPS) is 15.3. The lowest BCUT2D eigenvalue weighted by atomic mass is 9.86. The van der Waals surface area contributed by atoms with Gasteiger partial charge < -0.3 is 34.7 Å². The van der Waals surface area contributed by atoms with Gasteiger partial charge in [0.05, 0.1) is 54.7 Å². The molecule has 2 heterocycles. The summed E-state index contributed by atoms with van der Waals surface area (Å²) >= 11 is 0. The van der Waals surface area contributed by atoms with Crippen molar-refractivity contribution < 1.29 is 27.8 Å². The van der Waals surface area contributed by atoms with Gasteiger partial charge >= 0.3 is 6.18 Å². The van der Waals surface area contributed by atoms with Gasteiger partial charge in [-0.05, 0) is 68.5 Å². The molecule has 2 aromatic carbocycles. The minimum atomic E-state index is -4.42. The van der Waals surface area contributed by atoms with E-state index in [1.165, 1.54) is 11.7 Å². The number of aliphatic hydroxyl groups is 1. The first-order valence-corrected chi connectivity index (χ1v) is 14.6. The number of ether oxygens (including phenoxy) is 2. The molecule has 44 heavy (non-hydrogen) atoms. The molecule has 3 N–H and O–H groups in total. The number of nitrogens with zero attached hydrogens (tertiary/aromatic N) is 3. The van der Waals surface area contributed by atoms with E-state index in [1.807, 2.05) is 26.0 Å². The van der Waals surface area contributed by atoms with Gasteiger partial charge in [-0.25, -0.2) is 0 Å². The highest BCUT2D eigenvalue weighted by Gasteiger charge is 2.30. The number of methoxy groups -OCH3 is 2. The Balaban J connectivity index is 1.51. The van der Waals surface area contributed by atoms with Crippen molar-refractivity contribution in [2.45, 2.75) is 57.0 Å². The molecule has 1 aliphatic rings. The molecule has 0 bridgehead atoms. The number of anilines is 2. The van der Waals surface area contributed by atoms with Gasteiger partial charge in [-0.1, -0.05) is 18.1 Å². The van der Waals surface area contributed by atoms with Crippen LogP contribution in [0.15, 0.2) is 42.5 Å². The third-order valence-corrected chi connectivity index (χ3v) is 7.84. The smallest absolute Gasteiger partial charge is 0.406 e. The number of halogens is 3. The topological polar surface area (TPSA) is 94.7 Å². The number of aliphatic hydroxyl groups excluding tert-OH is 1. The molecular formula is C33H40F3N5O3. The number of benzene rings is 2. The van der Waals surface area contributed by atoms with Crippen molar-refractivity contribution in [3.05, 3.63) is 53.7 Å². The van der Waals surface area contributed by atoms with Crippen LogP contribution in [-0.2, 0) is 16.7 Å². The highest BCUT2D eigenvalue weighted by atomic mass is 19.4. The van der Waals surface area contributed by atoms with Crippen molar-refractivity contribution in [3.63, 3.8) is 0 Å². The Hall–Kier alpha value is -3.90. The second kappa shape index (κ2) is 14.3. The van der Waals surface area contributed by atoms with Crippen LogP contribution >= 0.6 is 0 Å². The monoisotopic (exact) mass is 611 g/mol. The predicted octanol–water partition coefficient (Wildman–Crippen LogP) is 5.36. The Labute approximate surface area is 256 Å². The average Bonchev–Trinajstić information content (AvgIpc) is 3.32. The quantitative estimate of drug-likeness (QED) is 0.252. The maximum Gasteiger partial charge on any atom is 0.406 e. The predicted molar refractivity (Wildman–Crippen MR) is 166 cm³/mol. The van der Waals surface area contributed by atoms with Crippen LogP contribution in [0.25, 0.3) is 10.9 Å². The van der Waals surface area contributed by atoms with Gasteiger partial charge in [-0.2, -0.15) is 18.4 Å². The van der Waals surface area contributed by atoms with E-state index in [-0.39, 0.29) is 18.3 Å². The number of alkyl halides is 3. The third-order valence-electron chi connectivity index (χ3n) is 7.84. The number of hydrogen-bond donors (Lipinski definition) is 3. The summed E-state index contributed by atoms with van der Waals surface area (Å²) in [6.45, 7) is 5.11. The molecule has 236 valence electrons. The SMILES string of the molecule is COCC(O)CN1CCC(Nc2cccc3c2cc(C#CCNc2ccc(C(C)(C)C#N)cc2OC)n3CC(F)(F)F)CC1. The van der Waals surface area contributed by atoms with Crippen molar-refractivity contribution in [2.24, 2.45) is 0 Å². The molecule has 8 nitrogen and oxygen atoms in total. The van der Waals surface area contributed by atoms with E-state index >= 15 is 0 Å².